The minimum absolute atomic E-state index is 0.325. The van der Waals surface area contributed by atoms with E-state index in [9.17, 15) is 4.79 Å². The van der Waals surface area contributed by atoms with Gasteiger partial charge in [-0.05, 0) is 37.0 Å². The largest absolute Gasteiger partial charge is 0.348 e. The maximum atomic E-state index is 11.2. The van der Waals surface area contributed by atoms with E-state index in [-0.39, 0.29) is 0 Å². The topological polar surface area (TPSA) is 33.2 Å². The van der Waals surface area contributed by atoms with Gasteiger partial charge in [-0.2, -0.15) is 0 Å². The van der Waals surface area contributed by atoms with E-state index < -0.39 is 0 Å². The number of carbonyl (C=O) groups excluding carboxylic acids is 1. The highest BCUT2D eigenvalue weighted by Crippen LogP contribution is 2.47. The van der Waals surface area contributed by atoms with Gasteiger partial charge in [-0.25, -0.2) is 4.98 Å². The highest BCUT2D eigenvalue weighted by Gasteiger charge is 2.37. The summed E-state index contributed by atoms with van der Waals surface area (Å²) in [5, 5.41) is 1.06. The van der Waals surface area contributed by atoms with Crippen molar-refractivity contribution in [3.8, 4) is 0 Å². The van der Waals surface area contributed by atoms with Gasteiger partial charge in [-0.15, -0.1) is 0 Å². The van der Waals surface area contributed by atoms with Crippen LogP contribution in [-0.2, 0) is 0 Å². The van der Waals surface area contributed by atoms with Gasteiger partial charge in [-0.1, -0.05) is 38.0 Å². The van der Waals surface area contributed by atoms with Gasteiger partial charge in [0.05, 0.1) is 10.6 Å². The summed E-state index contributed by atoms with van der Waals surface area (Å²) in [5.74, 6) is 0.325. The van der Waals surface area contributed by atoms with Crippen molar-refractivity contribution in [1.82, 2.24) is 4.98 Å². The summed E-state index contributed by atoms with van der Waals surface area (Å²) in [6.45, 7) is 6.44. The Kier molecular flexibility index (Phi) is 3.85. The summed E-state index contributed by atoms with van der Waals surface area (Å²) in [6, 6.07) is 0. The number of hydrogen-bond donors (Lipinski definition) is 0. The van der Waals surface area contributed by atoms with Crippen molar-refractivity contribution in [2.45, 2.75) is 58.3 Å². The highest BCUT2D eigenvalue weighted by molar-refractivity contribution is 7.17. The lowest BCUT2D eigenvalue weighted by Crippen LogP contribution is -2.38. The van der Waals surface area contributed by atoms with E-state index in [1.54, 1.807) is 11.3 Å². The van der Waals surface area contributed by atoms with Gasteiger partial charge in [0.2, 0.25) is 0 Å². The summed E-state index contributed by atoms with van der Waals surface area (Å²) in [5.41, 5.74) is 1.61. The number of thiazole rings is 1. The lowest BCUT2D eigenvalue weighted by atomic mass is 9.77. The summed E-state index contributed by atoms with van der Waals surface area (Å²) in [7, 11) is 0. The second kappa shape index (κ2) is 5.47. The van der Waals surface area contributed by atoms with Crippen LogP contribution < -0.4 is 4.90 Å². The summed E-state index contributed by atoms with van der Waals surface area (Å²) >= 11 is 1.57. The predicted octanol–water partition coefficient (Wildman–Crippen LogP) is 4.24. The average Bonchev–Trinajstić information content (AvgIpc) is 3.07. The van der Waals surface area contributed by atoms with Crippen LogP contribution in [0.15, 0.2) is 0 Å². The molecule has 0 atom stereocenters. The molecule has 2 heterocycles. The number of nitrogens with zero attached hydrogens (tertiary/aromatic N) is 2. The third kappa shape index (κ3) is 2.50. The van der Waals surface area contributed by atoms with Gasteiger partial charge < -0.3 is 4.90 Å². The molecule has 0 aromatic carbocycles. The average molecular weight is 292 g/mol. The molecule has 110 valence electrons. The highest BCUT2D eigenvalue weighted by atomic mass is 32.1. The first kappa shape index (κ1) is 14.1. The number of anilines is 1. The predicted molar refractivity (Wildman–Crippen MR) is 83.9 cm³/mol. The number of rotatable bonds is 3. The Morgan fingerprint density at radius 3 is 2.35 bits per heavy atom. The minimum atomic E-state index is 0.325. The van der Waals surface area contributed by atoms with Crippen molar-refractivity contribution in [2.24, 2.45) is 5.41 Å². The van der Waals surface area contributed by atoms with Gasteiger partial charge in [0, 0.05) is 13.1 Å². The van der Waals surface area contributed by atoms with Crippen LogP contribution in [0.4, 0.5) is 5.13 Å². The second-order valence-electron chi connectivity index (χ2n) is 6.71. The molecule has 0 unspecified atom stereocenters. The van der Waals surface area contributed by atoms with Gasteiger partial charge in [-0.3, -0.25) is 4.79 Å². The molecule has 3 rings (SSSR count). The molecule has 3 nitrogen and oxygen atoms in total. The Balaban J connectivity index is 1.73. The van der Waals surface area contributed by atoms with Crippen LogP contribution in [0, 0.1) is 5.41 Å². The summed E-state index contributed by atoms with van der Waals surface area (Å²) < 4.78 is 0. The second-order valence-corrected chi connectivity index (χ2v) is 7.72. The third-order valence-corrected chi connectivity index (χ3v) is 6.14. The Morgan fingerprint density at radius 1 is 1.20 bits per heavy atom. The Morgan fingerprint density at radius 2 is 1.85 bits per heavy atom. The Hall–Kier alpha value is -0.900. The number of carbonyl (C=O) groups is 1. The maximum Gasteiger partial charge on any atom is 0.186 e. The first-order valence-electron chi connectivity index (χ1n) is 7.84. The molecule has 1 spiro atoms. The van der Waals surface area contributed by atoms with E-state index in [4.69, 9.17) is 4.98 Å². The minimum Gasteiger partial charge on any atom is -0.348 e. The zero-order chi connectivity index (χ0) is 14.2. The molecule has 1 aliphatic carbocycles. The third-order valence-electron chi connectivity index (χ3n) is 5.08. The number of piperidine rings is 1. The fourth-order valence-electron chi connectivity index (χ4n) is 3.76. The SMILES string of the molecule is CC(C)c1nc(N2CCC3(CCCC3)CC2)sc1C=O. The van der Waals surface area contributed by atoms with Gasteiger partial charge in [0.25, 0.3) is 0 Å². The maximum absolute atomic E-state index is 11.2. The monoisotopic (exact) mass is 292 g/mol. The van der Waals surface area contributed by atoms with E-state index in [1.165, 1.54) is 38.5 Å². The molecule has 0 N–H and O–H groups in total. The number of aldehydes is 1. The van der Waals surface area contributed by atoms with E-state index in [0.29, 0.717) is 11.3 Å². The lowest BCUT2D eigenvalue weighted by Gasteiger charge is -2.39. The standard InChI is InChI=1S/C16H24N2OS/c1-12(2)14-13(11-19)20-15(17-14)18-9-7-16(8-10-18)5-3-4-6-16/h11-12H,3-10H2,1-2H3. The van der Waals surface area contributed by atoms with Crippen molar-refractivity contribution in [2.75, 3.05) is 18.0 Å². The molecule has 1 saturated heterocycles. The van der Waals surface area contributed by atoms with Crippen molar-refractivity contribution in [1.29, 1.82) is 0 Å². The van der Waals surface area contributed by atoms with Crippen LogP contribution in [0.5, 0.6) is 0 Å². The normalized spacial score (nSPS) is 21.9. The van der Waals surface area contributed by atoms with E-state index in [0.717, 1.165) is 35.1 Å². The van der Waals surface area contributed by atoms with Crippen LogP contribution in [0.25, 0.3) is 0 Å². The van der Waals surface area contributed by atoms with Crippen molar-refractivity contribution < 1.29 is 4.79 Å². The van der Waals surface area contributed by atoms with Crippen LogP contribution in [0.2, 0.25) is 0 Å². The Labute approximate surface area is 125 Å². The molecule has 1 aromatic heterocycles. The molecule has 4 heteroatoms. The van der Waals surface area contributed by atoms with Crippen LogP contribution in [0.3, 0.4) is 0 Å². The fourth-order valence-corrected chi connectivity index (χ4v) is 4.85. The molecule has 0 bridgehead atoms. The van der Waals surface area contributed by atoms with Gasteiger partial charge in [0.15, 0.2) is 11.4 Å². The van der Waals surface area contributed by atoms with E-state index in [2.05, 4.69) is 18.7 Å². The first-order valence-corrected chi connectivity index (χ1v) is 8.66. The zero-order valence-corrected chi connectivity index (χ0v) is 13.3. The quantitative estimate of drug-likeness (QED) is 0.781. The smallest absolute Gasteiger partial charge is 0.186 e. The van der Waals surface area contributed by atoms with Gasteiger partial charge in [0.1, 0.15) is 0 Å². The Bertz CT molecular complexity index is 479. The lowest BCUT2D eigenvalue weighted by molar-refractivity contribution is 0.112. The molecule has 0 amide bonds. The van der Waals surface area contributed by atoms with Crippen molar-refractivity contribution >= 4 is 22.8 Å². The zero-order valence-electron chi connectivity index (χ0n) is 12.5. The van der Waals surface area contributed by atoms with Crippen LogP contribution in [-0.4, -0.2) is 24.4 Å². The van der Waals surface area contributed by atoms with E-state index >= 15 is 0 Å². The summed E-state index contributed by atoms with van der Waals surface area (Å²) in [6.07, 6.45) is 9.28. The van der Waals surface area contributed by atoms with Crippen LogP contribution in [0.1, 0.15) is 73.7 Å². The van der Waals surface area contributed by atoms with Crippen molar-refractivity contribution in [3.63, 3.8) is 0 Å². The van der Waals surface area contributed by atoms with Crippen LogP contribution >= 0.6 is 11.3 Å². The number of aromatic nitrogens is 1. The fraction of sp³-hybridized carbons (Fsp3) is 0.750. The molecule has 1 aliphatic heterocycles. The molecule has 2 aliphatic rings. The molecule has 20 heavy (non-hydrogen) atoms. The molecule has 1 saturated carbocycles. The van der Waals surface area contributed by atoms with E-state index in [1.807, 2.05) is 0 Å². The molecular formula is C16H24N2OS. The van der Waals surface area contributed by atoms with Gasteiger partial charge >= 0.3 is 0 Å². The molecule has 1 aromatic rings. The molecule has 2 fully saturated rings. The van der Waals surface area contributed by atoms with Crippen molar-refractivity contribution in [3.05, 3.63) is 10.6 Å². The summed E-state index contributed by atoms with van der Waals surface area (Å²) in [4.78, 5) is 19.1. The molecular weight excluding hydrogens is 268 g/mol. The first-order chi connectivity index (χ1) is 9.63. The molecule has 0 radical (unpaired) electrons. The number of hydrogen-bond acceptors (Lipinski definition) is 4.